The molecule has 0 saturated heterocycles. The minimum absolute atomic E-state index is 0.235. The molecule has 5 heteroatoms. The van der Waals surface area contributed by atoms with Gasteiger partial charge in [-0.3, -0.25) is 4.57 Å². The zero-order valence-corrected chi connectivity index (χ0v) is 11.4. The van der Waals surface area contributed by atoms with Gasteiger partial charge in [0.15, 0.2) is 0 Å². The van der Waals surface area contributed by atoms with Gasteiger partial charge in [-0.2, -0.15) is 0 Å². The molecule has 0 bridgehead atoms. The second-order valence-electron chi connectivity index (χ2n) is 4.55. The van der Waals surface area contributed by atoms with Crippen LogP contribution < -0.4 is 0 Å². The van der Waals surface area contributed by atoms with Gasteiger partial charge < -0.3 is 5.11 Å². The number of hydrogen-bond acceptors (Lipinski definition) is 2. The summed E-state index contributed by atoms with van der Waals surface area (Å²) in [5, 5.41) is 9.72. The highest BCUT2D eigenvalue weighted by molar-refractivity contribution is 6.30. The van der Waals surface area contributed by atoms with Crippen LogP contribution in [0.25, 0.3) is 16.7 Å². The van der Waals surface area contributed by atoms with Gasteiger partial charge in [0.2, 0.25) is 0 Å². The van der Waals surface area contributed by atoms with E-state index >= 15 is 0 Å². The number of hydrogen-bond donors (Lipinski definition) is 1. The van der Waals surface area contributed by atoms with Crippen molar-refractivity contribution in [1.82, 2.24) is 9.55 Å². The molecule has 3 aromatic rings. The highest BCUT2D eigenvalue weighted by atomic mass is 35.5. The summed E-state index contributed by atoms with van der Waals surface area (Å²) >= 11 is 6.04. The summed E-state index contributed by atoms with van der Waals surface area (Å²) in [6, 6.07) is 10.4. The van der Waals surface area contributed by atoms with Gasteiger partial charge in [-0.1, -0.05) is 17.7 Å². The van der Waals surface area contributed by atoms with Crippen molar-refractivity contribution in [3.63, 3.8) is 0 Å². The lowest BCUT2D eigenvalue weighted by atomic mass is 10.1. The number of fused-ring (bicyclic) bond motifs is 1. The Morgan fingerprint density at radius 2 is 2.05 bits per heavy atom. The Kier molecular flexibility index (Phi) is 2.95. The van der Waals surface area contributed by atoms with Crippen molar-refractivity contribution in [2.24, 2.45) is 0 Å². The maximum Gasteiger partial charge on any atom is 0.335 e. The van der Waals surface area contributed by atoms with E-state index in [2.05, 4.69) is 4.98 Å². The Labute approximate surface area is 120 Å². The summed E-state index contributed by atoms with van der Waals surface area (Å²) < 4.78 is 1.85. The second-order valence-corrected chi connectivity index (χ2v) is 4.99. The molecule has 1 heterocycles. The Morgan fingerprint density at radius 1 is 1.25 bits per heavy atom. The molecule has 0 aliphatic rings. The molecular weight excluding hydrogens is 276 g/mol. The van der Waals surface area contributed by atoms with E-state index in [4.69, 9.17) is 16.7 Å². The van der Waals surface area contributed by atoms with Gasteiger partial charge in [-0.15, -0.1) is 0 Å². The van der Waals surface area contributed by atoms with Gasteiger partial charge in [-0.25, -0.2) is 9.78 Å². The number of nitrogens with zero attached hydrogens (tertiary/aromatic N) is 2. The molecule has 2 aromatic carbocycles. The number of benzene rings is 2. The number of carboxylic acid groups (broad SMARTS) is 1. The molecule has 0 amide bonds. The van der Waals surface area contributed by atoms with Crippen LogP contribution in [0.5, 0.6) is 0 Å². The number of aryl methyl sites for hydroxylation is 1. The minimum atomic E-state index is -0.956. The van der Waals surface area contributed by atoms with Crippen molar-refractivity contribution >= 4 is 28.6 Å². The third-order valence-electron chi connectivity index (χ3n) is 3.22. The maximum absolute atomic E-state index is 11.1. The quantitative estimate of drug-likeness (QED) is 0.782. The highest BCUT2D eigenvalue weighted by Gasteiger charge is 2.10. The summed E-state index contributed by atoms with van der Waals surface area (Å²) in [6.07, 6.45) is 1.68. The van der Waals surface area contributed by atoms with E-state index in [-0.39, 0.29) is 5.56 Å². The summed E-state index contributed by atoms with van der Waals surface area (Å²) in [6.45, 7) is 1.97. The van der Waals surface area contributed by atoms with Crippen LogP contribution in [0.4, 0.5) is 0 Å². The van der Waals surface area contributed by atoms with E-state index in [1.165, 1.54) is 0 Å². The lowest BCUT2D eigenvalue weighted by molar-refractivity contribution is 0.0697. The Hall–Kier alpha value is -2.33. The summed E-state index contributed by atoms with van der Waals surface area (Å²) in [5.41, 5.74) is 3.65. The third-order valence-corrected chi connectivity index (χ3v) is 3.46. The van der Waals surface area contributed by atoms with E-state index in [9.17, 15) is 4.79 Å². The first-order valence-electron chi connectivity index (χ1n) is 6.03. The molecule has 1 N–H and O–H groups in total. The molecule has 0 atom stereocenters. The third kappa shape index (κ3) is 2.04. The van der Waals surface area contributed by atoms with Crippen LogP contribution in [0.3, 0.4) is 0 Å². The van der Waals surface area contributed by atoms with E-state index < -0.39 is 5.97 Å². The lowest BCUT2D eigenvalue weighted by Crippen LogP contribution is -1.98. The average molecular weight is 287 g/mol. The van der Waals surface area contributed by atoms with Crippen molar-refractivity contribution in [2.75, 3.05) is 0 Å². The number of halogens is 1. The van der Waals surface area contributed by atoms with Gasteiger partial charge in [0.1, 0.15) is 6.33 Å². The molecule has 100 valence electrons. The summed E-state index contributed by atoms with van der Waals surface area (Å²) in [5.74, 6) is -0.956. The van der Waals surface area contributed by atoms with Crippen LogP contribution in [0.1, 0.15) is 15.9 Å². The Morgan fingerprint density at radius 3 is 2.80 bits per heavy atom. The van der Waals surface area contributed by atoms with Gasteiger partial charge in [0.25, 0.3) is 0 Å². The molecule has 0 spiro atoms. The first-order valence-corrected chi connectivity index (χ1v) is 6.41. The predicted molar refractivity (Wildman–Crippen MR) is 77.8 cm³/mol. The van der Waals surface area contributed by atoms with Gasteiger partial charge in [0.05, 0.1) is 22.3 Å². The van der Waals surface area contributed by atoms with Crippen LogP contribution >= 0.6 is 11.6 Å². The molecule has 0 unspecified atom stereocenters. The van der Waals surface area contributed by atoms with E-state index in [0.29, 0.717) is 5.02 Å². The predicted octanol–water partition coefficient (Wildman–Crippen LogP) is 3.69. The van der Waals surface area contributed by atoms with Crippen molar-refractivity contribution in [3.05, 3.63) is 58.9 Å². The summed E-state index contributed by atoms with van der Waals surface area (Å²) in [7, 11) is 0. The number of aromatic nitrogens is 2. The molecule has 20 heavy (non-hydrogen) atoms. The molecule has 0 radical (unpaired) electrons. The number of imidazole rings is 1. The molecule has 3 rings (SSSR count). The Bertz CT molecular complexity index is 824. The van der Waals surface area contributed by atoms with Crippen molar-refractivity contribution in [1.29, 1.82) is 0 Å². The van der Waals surface area contributed by atoms with E-state index in [1.807, 2.05) is 29.7 Å². The molecule has 0 aliphatic carbocycles. The number of carboxylic acids is 1. The zero-order valence-electron chi connectivity index (χ0n) is 10.7. The number of aromatic carboxylic acids is 1. The molecule has 0 fully saturated rings. The normalized spacial score (nSPS) is 10.9. The SMILES string of the molecule is Cc1ccc(Cl)cc1-n1cnc2ccc(C(=O)O)cc21. The smallest absolute Gasteiger partial charge is 0.335 e. The largest absolute Gasteiger partial charge is 0.478 e. The fourth-order valence-electron chi connectivity index (χ4n) is 2.17. The zero-order chi connectivity index (χ0) is 14.3. The monoisotopic (exact) mass is 286 g/mol. The molecule has 0 saturated carbocycles. The van der Waals surface area contributed by atoms with E-state index in [0.717, 1.165) is 22.3 Å². The number of rotatable bonds is 2. The standard InChI is InChI=1S/C15H11ClN2O2/c1-9-2-4-11(16)7-13(9)18-8-17-12-5-3-10(15(19)20)6-14(12)18/h2-8H,1H3,(H,19,20). The van der Waals surface area contributed by atoms with Gasteiger partial charge in [0, 0.05) is 5.02 Å². The van der Waals surface area contributed by atoms with Crippen LogP contribution in [-0.2, 0) is 0 Å². The highest BCUT2D eigenvalue weighted by Crippen LogP contribution is 2.24. The van der Waals surface area contributed by atoms with Crippen molar-refractivity contribution in [2.45, 2.75) is 6.92 Å². The summed E-state index contributed by atoms with van der Waals surface area (Å²) in [4.78, 5) is 15.4. The maximum atomic E-state index is 11.1. The first kappa shape index (κ1) is 12.7. The molecule has 4 nitrogen and oxygen atoms in total. The number of carbonyl (C=O) groups is 1. The van der Waals surface area contributed by atoms with Gasteiger partial charge >= 0.3 is 5.97 Å². The topological polar surface area (TPSA) is 55.1 Å². The van der Waals surface area contributed by atoms with E-state index in [1.54, 1.807) is 24.5 Å². The van der Waals surface area contributed by atoms with Gasteiger partial charge in [-0.05, 0) is 42.8 Å². The van der Waals surface area contributed by atoms with Crippen molar-refractivity contribution < 1.29 is 9.90 Å². The van der Waals surface area contributed by atoms with Crippen LogP contribution in [0.15, 0.2) is 42.7 Å². The first-order chi connectivity index (χ1) is 9.56. The fraction of sp³-hybridized carbons (Fsp3) is 0.0667. The van der Waals surface area contributed by atoms with Crippen LogP contribution in [-0.4, -0.2) is 20.6 Å². The Balaban J connectivity index is 2.28. The average Bonchev–Trinajstić information content (AvgIpc) is 2.84. The van der Waals surface area contributed by atoms with Crippen LogP contribution in [0, 0.1) is 6.92 Å². The molecule has 0 aliphatic heterocycles. The molecule has 1 aromatic heterocycles. The molecular formula is C15H11ClN2O2. The lowest BCUT2D eigenvalue weighted by Gasteiger charge is -2.09. The van der Waals surface area contributed by atoms with Crippen molar-refractivity contribution in [3.8, 4) is 5.69 Å². The minimum Gasteiger partial charge on any atom is -0.478 e. The fourth-order valence-corrected chi connectivity index (χ4v) is 2.34. The van der Waals surface area contributed by atoms with Crippen LogP contribution in [0.2, 0.25) is 5.02 Å². The second kappa shape index (κ2) is 4.65.